The third kappa shape index (κ3) is 2.48. The van der Waals surface area contributed by atoms with Gasteiger partial charge in [-0.05, 0) is 29.9 Å². The first-order chi connectivity index (χ1) is 11.3. The lowest BCUT2D eigenvalue weighted by Gasteiger charge is -2.28. The number of H-pyrrole nitrogens is 1. The second-order valence-electron chi connectivity index (χ2n) is 6.69. The maximum Gasteiger partial charge on any atom is 0.311 e. The lowest BCUT2D eigenvalue weighted by atomic mass is 9.76. The van der Waals surface area contributed by atoms with Crippen molar-refractivity contribution < 1.29 is 14.7 Å². The second-order valence-corrected chi connectivity index (χ2v) is 6.69. The van der Waals surface area contributed by atoms with E-state index < -0.39 is 11.4 Å². The molecule has 1 aromatic carbocycles. The van der Waals surface area contributed by atoms with Crippen molar-refractivity contribution in [3.63, 3.8) is 0 Å². The minimum Gasteiger partial charge on any atom is -0.481 e. The van der Waals surface area contributed by atoms with Crippen LogP contribution in [0.3, 0.4) is 0 Å². The monoisotopic (exact) mass is 328 g/mol. The average Bonchev–Trinajstić information content (AvgIpc) is 3.01. The average molecular weight is 328 g/mol. The predicted molar refractivity (Wildman–Crippen MR) is 90.0 cm³/mol. The number of pyridine rings is 1. The van der Waals surface area contributed by atoms with Gasteiger partial charge in [-0.3, -0.25) is 14.4 Å². The molecule has 0 spiro atoms. The predicted octanol–water partition coefficient (Wildman–Crippen LogP) is 2.10. The number of amides is 1. The molecule has 24 heavy (non-hydrogen) atoms. The fourth-order valence-corrected chi connectivity index (χ4v) is 3.40. The summed E-state index contributed by atoms with van der Waals surface area (Å²) in [7, 11) is 0. The minimum atomic E-state index is -0.924. The summed E-state index contributed by atoms with van der Waals surface area (Å²) in [5.41, 5.74) is -1.04. The molecule has 1 aliphatic rings. The number of aliphatic carboxylic acids is 1. The maximum atomic E-state index is 12.7. The highest BCUT2D eigenvalue weighted by atomic mass is 16.4. The fraction of sp³-hybridized carbons (Fsp3) is 0.389. The fourth-order valence-electron chi connectivity index (χ4n) is 3.40. The Labute approximate surface area is 139 Å². The molecule has 6 heteroatoms. The first kappa shape index (κ1) is 16.2. The molecule has 0 saturated carbocycles. The van der Waals surface area contributed by atoms with Crippen molar-refractivity contribution in [2.24, 2.45) is 11.3 Å². The Balaban J connectivity index is 1.93. The second kappa shape index (κ2) is 5.78. The Morgan fingerprint density at radius 3 is 2.62 bits per heavy atom. The van der Waals surface area contributed by atoms with Crippen LogP contribution in [0.15, 0.2) is 35.1 Å². The van der Waals surface area contributed by atoms with E-state index in [1.54, 1.807) is 30.3 Å². The molecule has 126 valence electrons. The van der Waals surface area contributed by atoms with Crippen LogP contribution >= 0.6 is 0 Å². The smallest absolute Gasteiger partial charge is 0.311 e. The van der Waals surface area contributed by atoms with Gasteiger partial charge in [-0.1, -0.05) is 32.0 Å². The summed E-state index contributed by atoms with van der Waals surface area (Å²) in [5.74, 6) is -1.29. The summed E-state index contributed by atoms with van der Waals surface area (Å²) < 4.78 is 0. The zero-order valence-electron chi connectivity index (χ0n) is 13.7. The molecule has 1 atom stereocenters. The first-order valence-corrected chi connectivity index (χ1v) is 8.00. The molecule has 0 aliphatic carbocycles. The number of nitrogens with zero attached hydrogens (tertiary/aromatic N) is 1. The van der Waals surface area contributed by atoms with Crippen LogP contribution in [0.25, 0.3) is 10.8 Å². The van der Waals surface area contributed by atoms with Gasteiger partial charge in [0, 0.05) is 18.5 Å². The Morgan fingerprint density at radius 1 is 1.29 bits per heavy atom. The van der Waals surface area contributed by atoms with E-state index in [0.717, 1.165) is 0 Å². The molecule has 1 aromatic heterocycles. The van der Waals surface area contributed by atoms with Crippen molar-refractivity contribution in [2.45, 2.75) is 20.3 Å². The maximum absolute atomic E-state index is 12.7. The van der Waals surface area contributed by atoms with E-state index in [1.165, 1.54) is 4.90 Å². The van der Waals surface area contributed by atoms with Gasteiger partial charge in [0.05, 0.1) is 5.41 Å². The molecular formula is C18H20N2O4. The highest BCUT2D eigenvalue weighted by Crippen LogP contribution is 2.38. The third-order valence-electron chi connectivity index (χ3n) is 5.10. The van der Waals surface area contributed by atoms with Gasteiger partial charge in [-0.25, -0.2) is 0 Å². The van der Waals surface area contributed by atoms with Gasteiger partial charge in [0.25, 0.3) is 11.5 Å². The molecule has 0 radical (unpaired) electrons. The number of nitrogens with one attached hydrogen (secondary N) is 1. The molecule has 1 unspecified atom stereocenters. The van der Waals surface area contributed by atoms with Crippen molar-refractivity contribution in [1.29, 1.82) is 0 Å². The SMILES string of the molecule is CC(C)C1(C(=O)O)CCN(C(=O)c2cc3ccccc3c(=O)[nH]2)C1. The number of benzene rings is 1. The summed E-state index contributed by atoms with van der Waals surface area (Å²) in [6.45, 7) is 4.26. The molecule has 1 aliphatic heterocycles. The van der Waals surface area contributed by atoms with E-state index in [2.05, 4.69) is 4.98 Å². The van der Waals surface area contributed by atoms with E-state index in [0.29, 0.717) is 23.7 Å². The van der Waals surface area contributed by atoms with Crippen LogP contribution in [0.2, 0.25) is 0 Å². The number of aromatic amines is 1. The summed E-state index contributed by atoms with van der Waals surface area (Å²) >= 11 is 0. The number of carbonyl (C=O) groups excluding carboxylic acids is 1. The zero-order valence-corrected chi connectivity index (χ0v) is 13.7. The first-order valence-electron chi connectivity index (χ1n) is 8.00. The number of aromatic nitrogens is 1. The molecule has 3 rings (SSSR count). The molecule has 6 nitrogen and oxygen atoms in total. The van der Waals surface area contributed by atoms with Gasteiger partial charge in [-0.2, -0.15) is 0 Å². The number of hydrogen-bond donors (Lipinski definition) is 2. The quantitative estimate of drug-likeness (QED) is 0.903. The largest absolute Gasteiger partial charge is 0.481 e. The van der Waals surface area contributed by atoms with Gasteiger partial charge in [-0.15, -0.1) is 0 Å². The Kier molecular flexibility index (Phi) is 3.91. The highest BCUT2D eigenvalue weighted by Gasteiger charge is 2.48. The van der Waals surface area contributed by atoms with E-state index in [1.807, 2.05) is 13.8 Å². The van der Waals surface area contributed by atoms with Gasteiger partial charge >= 0.3 is 5.97 Å². The number of fused-ring (bicyclic) bond motifs is 1. The minimum absolute atomic E-state index is 0.0801. The van der Waals surface area contributed by atoms with Crippen LogP contribution in [0.1, 0.15) is 30.8 Å². The summed E-state index contributed by atoms with van der Waals surface area (Å²) in [5, 5.41) is 10.8. The lowest BCUT2D eigenvalue weighted by Crippen LogP contribution is -2.41. The Bertz CT molecular complexity index is 871. The standard InChI is InChI=1S/C18H20N2O4/c1-11(2)18(17(23)24)7-8-20(10-18)16(22)14-9-12-5-3-4-6-13(12)15(21)19-14/h3-6,9,11H,7-8,10H2,1-2H3,(H,19,21)(H,23,24). The highest BCUT2D eigenvalue weighted by molar-refractivity contribution is 5.97. The van der Waals surface area contributed by atoms with Gasteiger partial charge < -0.3 is 15.0 Å². The van der Waals surface area contributed by atoms with E-state index in [4.69, 9.17) is 0 Å². The van der Waals surface area contributed by atoms with Crippen LogP contribution < -0.4 is 5.56 Å². The van der Waals surface area contributed by atoms with E-state index in [9.17, 15) is 19.5 Å². The summed E-state index contributed by atoms with van der Waals surface area (Å²) in [6.07, 6.45) is 0.420. The number of rotatable bonds is 3. The Morgan fingerprint density at radius 2 is 2.00 bits per heavy atom. The van der Waals surface area contributed by atoms with Crippen molar-refractivity contribution in [3.05, 3.63) is 46.4 Å². The van der Waals surface area contributed by atoms with Crippen molar-refractivity contribution >= 4 is 22.6 Å². The van der Waals surface area contributed by atoms with Crippen LogP contribution in [0.4, 0.5) is 0 Å². The van der Waals surface area contributed by atoms with Crippen LogP contribution in [0.5, 0.6) is 0 Å². The zero-order chi connectivity index (χ0) is 17.5. The molecule has 1 amide bonds. The normalized spacial score (nSPS) is 20.7. The number of carboxylic acid groups (broad SMARTS) is 1. The van der Waals surface area contributed by atoms with Gasteiger partial charge in [0.1, 0.15) is 5.69 Å². The molecule has 2 aromatic rings. The topological polar surface area (TPSA) is 90.5 Å². The van der Waals surface area contributed by atoms with E-state index in [-0.39, 0.29) is 29.6 Å². The number of carboxylic acids is 1. The number of hydrogen-bond acceptors (Lipinski definition) is 3. The number of carbonyl (C=O) groups is 2. The van der Waals surface area contributed by atoms with Crippen molar-refractivity contribution in [2.75, 3.05) is 13.1 Å². The third-order valence-corrected chi connectivity index (χ3v) is 5.10. The Hall–Kier alpha value is -2.63. The molecule has 1 fully saturated rings. The van der Waals surface area contributed by atoms with E-state index >= 15 is 0 Å². The van der Waals surface area contributed by atoms with Crippen molar-refractivity contribution in [3.8, 4) is 0 Å². The molecule has 0 bridgehead atoms. The van der Waals surface area contributed by atoms with Crippen molar-refractivity contribution in [1.82, 2.24) is 9.88 Å². The summed E-state index contributed by atoms with van der Waals surface area (Å²) in [6, 6.07) is 8.70. The summed E-state index contributed by atoms with van der Waals surface area (Å²) in [4.78, 5) is 40.7. The van der Waals surface area contributed by atoms with Gasteiger partial charge in [0.2, 0.25) is 0 Å². The lowest BCUT2D eigenvalue weighted by molar-refractivity contribution is -0.150. The van der Waals surface area contributed by atoms with Crippen LogP contribution in [-0.4, -0.2) is 40.0 Å². The molecule has 2 heterocycles. The molecule has 1 saturated heterocycles. The van der Waals surface area contributed by atoms with Gasteiger partial charge in [0.15, 0.2) is 0 Å². The molecular weight excluding hydrogens is 308 g/mol. The number of likely N-dealkylation sites (tertiary alicyclic amines) is 1. The van der Waals surface area contributed by atoms with Crippen LogP contribution in [-0.2, 0) is 4.79 Å². The molecule has 2 N–H and O–H groups in total. The van der Waals surface area contributed by atoms with Crippen LogP contribution in [0, 0.1) is 11.3 Å².